The molecule has 0 aliphatic heterocycles. The van der Waals surface area contributed by atoms with E-state index in [1.165, 1.54) is 11.7 Å². The third-order valence-electron chi connectivity index (χ3n) is 4.49. The first-order valence-electron chi connectivity index (χ1n) is 9.04. The number of hydrogen-bond acceptors (Lipinski definition) is 4. The highest BCUT2D eigenvalue weighted by molar-refractivity contribution is 6.01. The number of fused-ring (bicyclic) bond motifs is 1. The fraction of sp³-hybridized carbons (Fsp3) is 0.273. The van der Waals surface area contributed by atoms with Gasteiger partial charge < -0.3 is 9.84 Å². The van der Waals surface area contributed by atoms with E-state index >= 15 is 0 Å². The van der Waals surface area contributed by atoms with Crippen molar-refractivity contribution < 1.29 is 9.84 Å². The molecule has 0 unspecified atom stereocenters. The van der Waals surface area contributed by atoms with Crippen molar-refractivity contribution in [3.63, 3.8) is 0 Å². The smallest absolute Gasteiger partial charge is 0.265 e. The minimum Gasteiger partial charge on any atom is -0.495 e. The van der Waals surface area contributed by atoms with Crippen LogP contribution in [0.1, 0.15) is 25.8 Å². The molecule has 27 heavy (non-hydrogen) atoms. The van der Waals surface area contributed by atoms with Crippen LogP contribution in [0.15, 0.2) is 58.3 Å². The van der Waals surface area contributed by atoms with Crippen molar-refractivity contribution in [3.05, 3.63) is 64.4 Å². The minimum absolute atomic E-state index is 0.142. The highest BCUT2D eigenvalue weighted by atomic mass is 16.5. The van der Waals surface area contributed by atoms with E-state index in [1.54, 1.807) is 30.5 Å². The number of hydrogen-bond donors (Lipinski definition) is 1. The molecule has 0 radical (unpaired) electrons. The number of methoxy groups -OCH3 is 1. The minimum atomic E-state index is -0.299. The van der Waals surface area contributed by atoms with Gasteiger partial charge in [0.25, 0.3) is 5.56 Å². The van der Waals surface area contributed by atoms with Gasteiger partial charge >= 0.3 is 0 Å². The van der Waals surface area contributed by atoms with Crippen LogP contribution < -0.4 is 10.3 Å². The first-order chi connectivity index (χ1) is 13.0. The molecule has 0 saturated carbocycles. The van der Waals surface area contributed by atoms with Gasteiger partial charge in [-0.05, 0) is 30.5 Å². The van der Waals surface area contributed by atoms with Crippen molar-refractivity contribution in [3.8, 4) is 17.3 Å². The lowest BCUT2D eigenvalue weighted by Crippen LogP contribution is -2.20. The van der Waals surface area contributed by atoms with E-state index in [2.05, 4.69) is 18.8 Å². The molecule has 140 valence electrons. The molecule has 0 spiro atoms. The lowest BCUT2D eigenvalue weighted by Gasteiger charge is -2.16. The van der Waals surface area contributed by atoms with E-state index in [0.717, 1.165) is 6.42 Å². The molecule has 0 aliphatic rings. The number of aromatic hydroxyl groups is 1. The maximum absolute atomic E-state index is 13.1. The highest BCUT2D eigenvalue weighted by Gasteiger charge is 2.18. The predicted molar refractivity (Wildman–Crippen MR) is 110 cm³/mol. The Morgan fingerprint density at radius 2 is 1.78 bits per heavy atom. The maximum atomic E-state index is 13.1. The quantitative estimate of drug-likeness (QED) is 0.668. The van der Waals surface area contributed by atoms with Crippen molar-refractivity contribution >= 4 is 17.0 Å². The summed E-state index contributed by atoms with van der Waals surface area (Å²) in [5, 5.41) is 12.2. The van der Waals surface area contributed by atoms with Gasteiger partial charge in [0.05, 0.1) is 18.4 Å². The van der Waals surface area contributed by atoms with Crippen molar-refractivity contribution in [2.45, 2.75) is 20.3 Å². The van der Waals surface area contributed by atoms with Gasteiger partial charge in [0.1, 0.15) is 5.75 Å². The molecular formula is C22H24N2O3. The Hall–Kier alpha value is -3.08. The monoisotopic (exact) mass is 364 g/mol. The summed E-state index contributed by atoms with van der Waals surface area (Å²) < 4.78 is 6.66. The van der Waals surface area contributed by atoms with Crippen LogP contribution in [0.5, 0.6) is 11.6 Å². The van der Waals surface area contributed by atoms with E-state index in [-0.39, 0.29) is 11.4 Å². The first kappa shape index (κ1) is 18.7. The van der Waals surface area contributed by atoms with Crippen LogP contribution in [0.2, 0.25) is 0 Å². The molecule has 0 saturated heterocycles. The average Bonchev–Trinajstić information content (AvgIpc) is 2.67. The third kappa shape index (κ3) is 3.72. The zero-order valence-corrected chi connectivity index (χ0v) is 15.8. The maximum Gasteiger partial charge on any atom is 0.265 e. The number of pyridine rings is 1. The SMILES string of the molecule is COc1ccccc1-n1c(O)c(C=NCCC(C)C)c2ccccc2c1=O. The number of nitrogens with zero attached hydrogens (tertiary/aromatic N) is 2. The second kappa shape index (κ2) is 8.08. The van der Waals surface area contributed by atoms with Gasteiger partial charge in [0, 0.05) is 23.5 Å². The van der Waals surface area contributed by atoms with Gasteiger partial charge in [-0.3, -0.25) is 9.79 Å². The van der Waals surface area contributed by atoms with Gasteiger partial charge in [-0.1, -0.05) is 44.2 Å². The fourth-order valence-corrected chi connectivity index (χ4v) is 3.02. The van der Waals surface area contributed by atoms with E-state index in [0.29, 0.717) is 40.2 Å². The molecule has 1 heterocycles. The second-order valence-electron chi connectivity index (χ2n) is 6.81. The van der Waals surface area contributed by atoms with Gasteiger partial charge in [-0.2, -0.15) is 0 Å². The van der Waals surface area contributed by atoms with E-state index < -0.39 is 0 Å². The topological polar surface area (TPSA) is 63.8 Å². The summed E-state index contributed by atoms with van der Waals surface area (Å²) in [7, 11) is 1.54. The van der Waals surface area contributed by atoms with Crippen LogP contribution in [0.25, 0.3) is 16.5 Å². The normalized spacial score (nSPS) is 11.6. The predicted octanol–water partition coefficient (Wildman–Crippen LogP) is 4.17. The number of para-hydroxylation sites is 2. The van der Waals surface area contributed by atoms with Crippen molar-refractivity contribution in [1.29, 1.82) is 0 Å². The highest BCUT2D eigenvalue weighted by Crippen LogP contribution is 2.29. The molecular weight excluding hydrogens is 340 g/mol. The molecule has 2 aromatic carbocycles. The van der Waals surface area contributed by atoms with E-state index in [4.69, 9.17) is 4.74 Å². The summed E-state index contributed by atoms with van der Waals surface area (Å²) in [6, 6.07) is 14.4. The summed E-state index contributed by atoms with van der Waals surface area (Å²) in [5.74, 6) is 0.916. The molecule has 0 bridgehead atoms. The second-order valence-corrected chi connectivity index (χ2v) is 6.81. The number of benzene rings is 2. The van der Waals surface area contributed by atoms with Crippen molar-refractivity contribution in [1.82, 2.24) is 4.57 Å². The molecule has 5 nitrogen and oxygen atoms in total. The first-order valence-corrected chi connectivity index (χ1v) is 9.04. The van der Waals surface area contributed by atoms with Gasteiger partial charge in [0.15, 0.2) is 0 Å². The zero-order chi connectivity index (χ0) is 19.4. The zero-order valence-electron chi connectivity index (χ0n) is 15.8. The molecule has 1 N–H and O–H groups in total. The Bertz CT molecular complexity index is 1040. The van der Waals surface area contributed by atoms with Crippen LogP contribution in [0.4, 0.5) is 0 Å². The Morgan fingerprint density at radius 1 is 1.11 bits per heavy atom. The molecule has 3 aromatic rings. The Balaban J connectivity index is 2.25. The summed E-state index contributed by atoms with van der Waals surface area (Å²) in [6.45, 7) is 4.95. The van der Waals surface area contributed by atoms with Crippen LogP contribution >= 0.6 is 0 Å². The summed E-state index contributed by atoms with van der Waals surface area (Å²) in [4.78, 5) is 17.6. The molecule has 3 rings (SSSR count). The van der Waals surface area contributed by atoms with Crippen LogP contribution in [0, 0.1) is 5.92 Å². The third-order valence-corrected chi connectivity index (χ3v) is 4.49. The number of rotatable bonds is 6. The summed E-state index contributed by atoms with van der Waals surface area (Å²) in [5.41, 5.74) is 0.719. The Kier molecular flexibility index (Phi) is 5.60. The van der Waals surface area contributed by atoms with Crippen LogP contribution in [0.3, 0.4) is 0 Å². The molecule has 0 atom stereocenters. The van der Waals surface area contributed by atoms with Crippen LogP contribution in [-0.2, 0) is 0 Å². The molecule has 0 amide bonds. The van der Waals surface area contributed by atoms with Gasteiger partial charge in [0.2, 0.25) is 5.88 Å². The number of aromatic nitrogens is 1. The molecule has 0 fully saturated rings. The summed E-state index contributed by atoms with van der Waals surface area (Å²) in [6.07, 6.45) is 2.62. The molecule has 0 aliphatic carbocycles. The number of ether oxygens (including phenoxy) is 1. The summed E-state index contributed by atoms with van der Waals surface area (Å²) >= 11 is 0. The Labute approximate surface area is 158 Å². The van der Waals surface area contributed by atoms with Crippen LogP contribution in [-0.4, -0.2) is 29.5 Å². The van der Waals surface area contributed by atoms with Gasteiger partial charge in [-0.15, -0.1) is 0 Å². The van der Waals surface area contributed by atoms with Crippen molar-refractivity contribution in [2.75, 3.05) is 13.7 Å². The van der Waals surface area contributed by atoms with Crippen molar-refractivity contribution in [2.24, 2.45) is 10.9 Å². The molecule has 5 heteroatoms. The fourth-order valence-electron chi connectivity index (χ4n) is 3.02. The largest absolute Gasteiger partial charge is 0.495 e. The lowest BCUT2D eigenvalue weighted by atomic mass is 10.1. The van der Waals surface area contributed by atoms with E-state index in [1.807, 2.05) is 24.3 Å². The lowest BCUT2D eigenvalue weighted by molar-refractivity contribution is 0.404. The van der Waals surface area contributed by atoms with Gasteiger partial charge in [-0.25, -0.2) is 4.57 Å². The Morgan fingerprint density at radius 3 is 2.48 bits per heavy atom. The molecule has 1 aromatic heterocycles. The standard InChI is InChI=1S/C22H24N2O3/c1-15(2)12-13-23-14-18-16-8-4-5-9-17(16)21(25)24(22(18)26)19-10-6-7-11-20(19)27-3/h4-11,14-15,26H,12-13H2,1-3H3. The number of aliphatic imine (C=N–C) groups is 1. The average molecular weight is 364 g/mol. The van der Waals surface area contributed by atoms with E-state index in [9.17, 15) is 9.90 Å².